The number of aromatic nitrogens is 1. The van der Waals surface area contributed by atoms with Crippen LogP contribution in [0.1, 0.15) is 16.8 Å². The van der Waals surface area contributed by atoms with Gasteiger partial charge in [0.05, 0.1) is 5.69 Å². The van der Waals surface area contributed by atoms with Crippen molar-refractivity contribution in [3.8, 4) is 22.4 Å². The lowest BCUT2D eigenvalue weighted by Crippen LogP contribution is -2.25. The number of hydrogen-bond acceptors (Lipinski definition) is 2. The molecular formula is C21H20N2. The Bertz CT molecular complexity index is 838. The summed E-state index contributed by atoms with van der Waals surface area (Å²) in [5.74, 6) is 0. The summed E-state index contributed by atoms with van der Waals surface area (Å²) in [5.41, 5.74) is 8.72. The zero-order valence-electron chi connectivity index (χ0n) is 13.3. The molecule has 0 fully saturated rings. The van der Waals surface area contributed by atoms with Crippen LogP contribution in [-0.2, 0) is 13.0 Å². The SMILES string of the molecule is Cc1cccc(-c2cc(-c3ccccc3)nc3c2CNCC3)c1. The molecule has 2 heterocycles. The second kappa shape index (κ2) is 5.98. The number of rotatable bonds is 2. The Kier molecular flexibility index (Phi) is 3.68. The molecule has 1 aliphatic rings. The fourth-order valence-electron chi connectivity index (χ4n) is 3.28. The van der Waals surface area contributed by atoms with Crippen LogP contribution in [0.2, 0.25) is 0 Å². The standard InChI is InChI=1S/C21H20N2/c1-15-6-5-9-17(12-15)18-13-21(16-7-3-2-4-8-16)23-20-10-11-22-14-19(18)20/h2-9,12-13,22H,10-11,14H2,1H3. The van der Waals surface area contributed by atoms with Gasteiger partial charge in [-0.1, -0.05) is 60.2 Å². The summed E-state index contributed by atoms with van der Waals surface area (Å²) < 4.78 is 0. The van der Waals surface area contributed by atoms with Gasteiger partial charge in [-0.05, 0) is 29.7 Å². The van der Waals surface area contributed by atoms with Crippen molar-refractivity contribution in [2.75, 3.05) is 6.54 Å². The van der Waals surface area contributed by atoms with Crippen molar-refractivity contribution >= 4 is 0 Å². The molecule has 1 N–H and O–H groups in total. The first-order valence-corrected chi connectivity index (χ1v) is 8.17. The monoisotopic (exact) mass is 300 g/mol. The van der Waals surface area contributed by atoms with Gasteiger partial charge in [-0.2, -0.15) is 0 Å². The van der Waals surface area contributed by atoms with Gasteiger partial charge in [-0.3, -0.25) is 4.98 Å². The van der Waals surface area contributed by atoms with E-state index in [4.69, 9.17) is 4.98 Å². The van der Waals surface area contributed by atoms with E-state index in [-0.39, 0.29) is 0 Å². The summed E-state index contributed by atoms with van der Waals surface area (Å²) >= 11 is 0. The van der Waals surface area contributed by atoms with E-state index in [1.165, 1.54) is 33.5 Å². The Balaban J connectivity index is 1.93. The van der Waals surface area contributed by atoms with Crippen molar-refractivity contribution in [2.45, 2.75) is 19.9 Å². The van der Waals surface area contributed by atoms with E-state index in [1.807, 2.05) is 6.07 Å². The molecule has 0 bridgehead atoms. The highest BCUT2D eigenvalue weighted by atomic mass is 14.9. The molecule has 0 spiro atoms. The second-order valence-electron chi connectivity index (χ2n) is 6.14. The minimum atomic E-state index is 0.903. The summed E-state index contributed by atoms with van der Waals surface area (Å²) in [6, 6.07) is 21.5. The molecule has 1 aromatic heterocycles. The number of aryl methyl sites for hydroxylation is 1. The first-order chi connectivity index (χ1) is 11.3. The lowest BCUT2D eigenvalue weighted by atomic mass is 9.93. The maximum absolute atomic E-state index is 4.95. The van der Waals surface area contributed by atoms with Gasteiger partial charge in [0, 0.05) is 30.8 Å². The van der Waals surface area contributed by atoms with Gasteiger partial charge in [0.25, 0.3) is 0 Å². The number of benzene rings is 2. The van der Waals surface area contributed by atoms with Crippen LogP contribution >= 0.6 is 0 Å². The normalized spacial score (nSPS) is 13.6. The van der Waals surface area contributed by atoms with Crippen molar-refractivity contribution in [3.63, 3.8) is 0 Å². The number of nitrogens with zero attached hydrogens (tertiary/aromatic N) is 1. The van der Waals surface area contributed by atoms with Crippen molar-refractivity contribution in [2.24, 2.45) is 0 Å². The topological polar surface area (TPSA) is 24.9 Å². The number of fused-ring (bicyclic) bond motifs is 1. The third kappa shape index (κ3) is 2.78. The van der Waals surface area contributed by atoms with Crippen molar-refractivity contribution in [1.82, 2.24) is 10.3 Å². The average Bonchev–Trinajstić information content (AvgIpc) is 2.61. The van der Waals surface area contributed by atoms with Gasteiger partial charge in [-0.15, -0.1) is 0 Å². The molecule has 0 saturated heterocycles. The molecule has 2 nitrogen and oxygen atoms in total. The molecule has 23 heavy (non-hydrogen) atoms. The molecule has 0 aliphatic carbocycles. The van der Waals surface area contributed by atoms with Crippen LogP contribution in [0.15, 0.2) is 60.7 Å². The Hall–Kier alpha value is -2.45. The Morgan fingerprint density at radius 1 is 0.913 bits per heavy atom. The second-order valence-corrected chi connectivity index (χ2v) is 6.14. The summed E-state index contributed by atoms with van der Waals surface area (Å²) in [6.07, 6.45) is 0.995. The fraction of sp³-hybridized carbons (Fsp3) is 0.190. The van der Waals surface area contributed by atoms with E-state index < -0.39 is 0 Å². The van der Waals surface area contributed by atoms with E-state index in [9.17, 15) is 0 Å². The van der Waals surface area contributed by atoms with E-state index in [2.05, 4.69) is 66.8 Å². The summed E-state index contributed by atoms with van der Waals surface area (Å²) in [6.45, 7) is 4.06. The van der Waals surface area contributed by atoms with Crippen LogP contribution in [-0.4, -0.2) is 11.5 Å². The van der Waals surface area contributed by atoms with Crippen molar-refractivity contribution in [3.05, 3.63) is 77.5 Å². The first-order valence-electron chi connectivity index (χ1n) is 8.17. The summed E-state index contributed by atoms with van der Waals surface area (Å²) in [5, 5.41) is 3.48. The zero-order valence-corrected chi connectivity index (χ0v) is 13.3. The quantitative estimate of drug-likeness (QED) is 0.760. The van der Waals surface area contributed by atoms with Gasteiger partial charge in [-0.25, -0.2) is 0 Å². The van der Waals surface area contributed by atoms with E-state index in [0.717, 1.165) is 25.2 Å². The largest absolute Gasteiger partial charge is 0.312 e. The minimum Gasteiger partial charge on any atom is -0.312 e. The van der Waals surface area contributed by atoms with Crippen LogP contribution in [0, 0.1) is 6.92 Å². The van der Waals surface area contributed by atoms with E-state index >= 15 is 0 Å². The first kappa shape index (κ1) is 14.2. The fourth-order valence-corrected chi connectivity index (χ4v) is 3.28. The maximum atomic E-state index is 4.95. The highest BCUT2D eigenvalue weighted by Gasteiger charge is 2.17. The van der Waals surface area contributed by atoms with Crippen LogP contribution in [0.5, 0.6) is 0 Å². The third-order valence-electron chi connectivity index (χ3n) is 4.45. The Labute approximate surface area is 137 Å². The number of hydrogen-bond donors (Lipinski definition) is 1. The van der Waals surface area contributed by atoms with Crippen LogP contribution < -0.4 is 5.32 Å². The molecule has 0 radical (unpaired) electrons. The molecule has 0 saturated carbocycles. The predicted molar refractivity (Wildman–Crippen MR) is 95.3 cm³/mol. The molecule has 3 aromatic rings. The highest BCUT2D eigenvalue weighted by molar-refractivity contribution is 5.74. The van der Waals surface area contributed by atoms with Gasteiger partial charge in [0.2, 0.25) is 0 Å². The molecule has 1 aliphatic heterocycles. The minimum absolute atomic E-state index is 0.903. The summed E-state index contributed by atoms with van der Waals surface area (Å²) in [4.78, 5) is 4.95. The maximum Gasteiger partial charge on any atom is 0.0711 e. The summed E-state index contributed by atoms with van der Waals surface area (Å²) in [7, 11) is 0. The Morgan fingerprint density at radius 2 is 1.74 bits per heavy atom. The molecule has 0 amide bonds. The molecule has 114 valence electrons. The van der Waals surface area contributed by atoms with Gasteiger partial charge >= 0.3 is 0 Å². The van der Waals surface area contributed by atoms with E-state index in [0.29, 0.717) is 0 Å². The smallest absolute Gasteiger partial charge is 0.0711 e. The van der Waals surface area contributed by atoms with Crippen LogP contribution in [0.3, 0.4) is 0 Å². The van der Waals surface area contributed by atoms with Gasteiger partial charge < -0.3 is 5.32 Å². The predicted octanol–water partition coefficient (Wildman–Crippen LogP) is 4.37. The molecule has 0 unspecified atom stereocenters. The molecular weight excluding hydrogens is 280 g/mol. The van der Waals surface area contributed by atoms with Gasteiger partial charge in [0.1, 0.15) is 0 Å². The third-order valence-corrected chi connectivity index (χ3v) is 4.45. The number of pyridine rings is 1. The average molecular weight is 300 g/mol. The number of nitrogens with one attached hydrogen (secondary N) is 1. The molecule has 4 rings (SSSR count). The zero-order chi connectivity index (χ0) is 15.6. The van der Waals surface area contributed by atoms with Crippen LogP contribution in [0.25, 0.3) is 22.4 Å². The molecule has 0 atom stereocenters. The highest BCUT2D eigenvalue weighted by Crippen LogP contribution is 2.32. The van der Waals surface area contributed by atoms with Crippen molar-refractivity contribution < 1.29 is 0 Å². The lowest BCUT2D eigenvalue weighted by Gasteiger charge is -2.21. The lowest BCUT2D eigenvalue weighted by molar-refractivity contribution is 0.632. The van der Waals surface area contributed by atoms with Crippen LogP contribution in [0.4, 0.5) is 0 Å². The Morgan fingerprint density at radius 3 is 2.57 bits per heavy atom. The van der Waals surface area contributed by atoms with Crippen molar-refractivity contribution in [1.29, 1.82) is 0 Å². The van der Waals surface area contributed by atoms with Gasteiger partial charge in [0.15, 0.2) is 0 Å². The molecule has 2 aromatic carbocycles. The molecule has 2 heteroatoms. The van der Waals surface area contributed by atoms with E-state index in [1.54, 1.807) is 0 Å².